The number of benzene rings is 1. The molecule has 0 saturated carbocycles. The predicted octanol–water partition coefficient (Wildman–Crippen LogP) is 0.972. The highest BCUT2D eigenvalue weighted by Gasteiger charge is 2.35. The number of esters is 2. The zero-order chi connectivity index (χ0) is 11.1. The fourth-order valence-corrected chi connectivity index (χ4v) is 1.86. The van der Waals surface area contributed by atoms with Crippen LogP contribution < -0.4 is 9.47 Å². The van der Waals surface area contributed by atoms with Gasteiger partial charge in [0.1, 0.15) is 0 Å². The van der Waals surface area contributed by atoms with Gasteiger partial charge in [-0.25, -0.2) is 0 Å². The molecule has 1 aromatic rings. The summed E-state index contributed by atoms with van der Waals surface area (Å²) in [5, 5.41) is 0. The van der Waals surface area contributed by atoms with E-state index in [1.54, 1.807) is 18.2 Å². The molecule has 16 heavy (non-hydrogen) atoms. The summed E-state index contributed by atoms with van der Waals surface area (Å²) in [6.45, 7) is 0.187. The average molecular weight is 220 g/mol. The average Bonchev–Trinajstić information content (AvgIpc) is 2.83. The van der Waals surface area contributed by atoms with Gasteiger partial charge in [-0.05, 0) is 17.7 Å². The van der Waals surface area contributed by atoms with Crippen molar-refractivity contribution in [3.05, 3.63) is 23.8 Å². The van der Waals surface area contributed by atoms with Gasteiger partial charge in [-0.3, -0.25) is 9.59 Å². The first-order chi connectivity index (χ1) is 7.74. The molecule has 0 spiro atoms. The molecule has 0 bridgehead atoms. The third kappa shape index (κ3) is 1.32. The van der Waals surface area contributed by atoms with E-state index in [1.165, 1.54) is 0 Å². The Morgan fingerprint density at radius 3 is 2.69 bits per heavy atom. The summed E-state index contributed by atoms with van der Waals surface area (Å²) in [6.07, 6.45) is 0.0957. The third-order valence-electron chi connectivity index (χ3n) is 2.67. The maximum absolute atomic E-state index is 11.4. The largest absolute Gasteiger partial charge is 0.454 e. The maximum atomic E-state index is 11.4. The van der Waals surface area contributed by atoms with E-state index < -0.39 is 17.9 Å². The summed E-state index contributed by atoms with van der Waals surface area (Å²) in [6, 6.07) is 5.19. The van der Waals surface area contributed by atoms with Crippen LogP contribution in [0.3, 0.4) is 0 Å². The number of fused-ring (bicyclic) bond motifs is 1. The van der Waals surface area contributed by atoms with Crippen LogP contribution in [-0.2, 0) is 14.3 Å². The molecule has 0 unspecified atom stereocenters. The molecule has 0 radical (unpaired) electrons. The van der Waals surface area contributed by atoms with Crippen molar-refractivity contribution >= 4 is 11.9 Å². The van der Waals surface area contributed by atoms with Crippen molar-refractivity contribution in [2.45, 2.75) is 12.3 Å². The van der Waals surface area contributed by atoms with Gasteiger partial charge in [-0.15, -0.1) is 0 Å². The molecule has 2 aliphatic rings. The van der Waals surface area contributed by atoms with E-state index in [4.69, 9.17) is 9.47 Å². The summed E-state index contributed by atoms with van der Waals surface area (Å²) in [4.78, 5) is 22.3. The van der Waals surface area contributed by atoms with Gasteiger partial charge in [0, 0.05) is 0 Å². The minimum Gasteiger partial charge on any atom is -0.454 e. The zero-order valence-electron chi connectivity index (χ0n) is 8.26. The number of hydrogen-bond acceptors (Lipinski definition) is 5. The molecular weight excluding hydrogens is 212 g/mol. The summed E-state index contributed by atoms with van der Waals surface area (Å²) >= 11 is 0. The fraction of sp³-hybridized carbons (Fsp3) is 0.273. The molecule has 5 nitrogen and oxygen atoms in total. The van der Waals surface area contributed by atoms with Crippen LogP contribution in [0.25, 0.3) is 0 Å². The van der Waals surface area contributed by atoms with Crippen LogP contribution in [0.5, 0.6) is 11.5 Å². The van der Waals surface area contributed by atoms with Crippen molar-refractivity contribution in [2.24, 2.45) is 0 Å². The Bertz CT molecular complexity index is 479. The molecule has 1 aromatic carbocycles. The first-order valence-electron chi connectivity index (χ1n) is 4.88. The Hall–Kier alpha value is -2.04. The van der Waals surface area contributed by atoms with Crippen LogP contribution >= 0.6 is 0 Å². The molecule has 2 heterocycles. The van der Waals surface area contributed by atoms with Gasteiger partial charge in [0.25, 0.3) is 0 Å². The second-order valence-corrected chi connectivity index (χ2v) is 3.66. The van der Waals surface area contributed by atoms with Gasteiger partial charge in [0.15, 0.2) is 11.5 Å². The van der Waals surface area contributed by atoms with Crippen molar-refractivity contribution in [3.63, 3.8) is 0 Å². The van der Waals surface area contributed by atoms with Crippen molar-refractivity contribution in [3.8, 4) is 11.5 Å². The van der Waals surface area contributed by atoms with Crippen LogP contribution in [0.1, 0.15) is 17.9 Å². The van der Waals surface area contributed by atoms with Crippen LogP contribution in [0, 0.1) is 0 Å². The molecule has 1 fully saturated rings. The van der Waals surface area contributed by atoms with E-state index in [1.807, 2.05) is 0 Å². The Morgan fingerprint density at radius 2 is 1.94 bits per heavy atom. The van der Waals surface area contributed by atoms with Gasteiger partial charge < -0.3 is 14.2 Å². The summed E-state index contributed by atoms with van der Waals surface area (Å²) in [5.74, 6) is -0.232. The Balaban J connectivity index is 1.95. The zero-order valence-corrected chi connectivity index (χ0v) is 8.26. The molecular formula is C11H8O5. The monoisotopic (exact) mass is 220 g/mol. The second kappa shape index (κ2) is 3.23. The van der Waals surface area contributed by atoms with Crippen molar-refractivity contribution in [2.75, 3.05) is 6.79 Å². The fourth-order valence-electron chi connectivity index (χ4n) is 1.86. The number of rotatable bonds is 1. The SMILES string of the molecule is O=C1C[C@H](c2ccc3c(c2)OCO3)C(=O)O1. The number of carbonyl (C=O) groups excluding carboxylic acids is 2. The minimum atomic E-state index is -0.512. The molecule has 1 atom stereocenters. The van der Waals surface area contributed by atoms with Crippen molar-refractivity contribution in [1.29, 1.82) is 0 Å². The second-order valence-electron chi connectivity index (χ2n) is 3.66. The molecule has 0 aromatic heterocycles. The van der Waals surface area contributed by atoms with E-state index in [0.29, 0.717) is 11.5 Å². The van der Waals surface area contributed by atoms with Crippen LogP contribution in [0.2, 0.25) is 0 Å². The van der Waals surface area contributed by atoms with E-state index in [9.17, 15) is 9.59 Å². The molecule has 5 heteroatoms. The first kappa shape index (κ1) is 9.21. The molecule has 0 N–H and O–H groups in total. The molecule has 2 aliphatic heterocycles. The Labute approximate surface area is 90.9 Å². The molecule has 0 amide bonds. The Morgan fingerprint density at radius 1 is 1.12 bits per heavy atom. The number of hydrogen-bond donors (Lipinski definition) is 0. The standard InChI is InChI=1S/C11H8O5/c12-10-4-7(11(13)16-10)6-1-2-8-9(3-6)15-5-14-8/h1-3,7H,4-5H2/t7-/m1/s1. The lowest BCUT2D eigenvalue weighted by Crippen LogP contribution is -2.05. The number of carbonyl (C=O) groups is 2. The van der Waals surface area contributed by atoms with Gasteiger partial charge in [-0.2, -0.15) is 0 Å². The van der Waals surface area contributed by atoms with Crippen molar-refractivity contribution < 1.29 is 23.8 Å². The van der Waals surface area contributed by atoms with E-state index in [-0.39, 0.29) is 13.2 Å². The summed E-state index contributed by atoms with van der Waals surface area (Å²) < 4.78 is 14.9. The maximum Gasteiger partial charge on any atom is 0.321 e. The number of cyclic esters (lactones) is 2. The van der Waals surface area contributed by atoms with Gasteiger partial charge in [0.2, 0.25) is 6.79 Å². The predicted molar refractivity (Wildman–Crippen MR) is 51.0 cm³/mol. The highest BCUT2D eigenvalue weighted by Crippen LogP contribution is 2.37. The molecule has 1 saturated heterocycles. The quantitative estimate of drug-likeness (QED) is 0.521. The highest BCUT2D eigenvalue weighted by atomic mass is 16.7. The van der Waals surface area contributed by atoms with Crippen molar-refractivity contribution in [1.82, 2.24) is 0 Å². The molecule has 3 rings (SSSR count). The van der Waals surface area contributed by atoms with E-state index >= 15 is 0 Å². The lowest BCUT2D eigenvalue weighted by Gasteiger charge is -2.05. The topological polar surface area (TPSA) is 61.8 Å². The van der Waals surface area contributed by atoms with Gasteiger partial charge in [-0.1, -0.05) is 6.07 Å². The lowest BCUT2D eigenvalue weighted by molar-refractivity contribution is -0.152. The summed E-state index contributed by atoms with van der Waals surface area (Å²) in [5.41, 5.74) is 0.722. The highest BCUT2D eigenvalue weighted by molar-refractivity contribution is 5.97. The number of ether oxygens (including phenoxy) is 3. The van der Waals surface area contributed by atoms with Gasteiger partial charge in [0.05, 0.1) is 12.3 Å². The minimum absolute atomic E-state index is 0.0957. The van der Waals surface area contributed by atoms with Crippen LogP contribution in [0.4, 0.5) is 0 Å². The summed E-state index contributed by atoms with van der Waals surface area (Å²) in [7, 11) is 0. The lowest BCUT2D eigenvalue weighted by atomic mass is 9.97. The normalized spacial score (nSPS) is 22.4. The van der Waals surface area contributed by atoms with E-state index in [2.05, 4.69) is 4.74 Å². The van der Waals surface area contributed by atoms with E-state index in [0.717, 1.165) is 5.56 Å². The molecule has 0 aliphatic carbocycles. The molecule has 82 valence electrons. The van der Waals surface area contributed by atoms with Crippen LogP contribution in [-0.4, -0.2) is 18.7 Å². The van der Waals surface area contributed by atoms with Gasteiger partial charge >= 0.3 is 11.9 Å². The van der Waals surface area contributed by atoms with Crippen LogP contribution in [0.15, 0.2) is 18.2 Å². The Kier molecular flexibility index (Phi) is 1.86. The smallest absolute Gasteiger partial charge is 0.321 e. The first-order valence-corrected chi connectivity index (χ1v) is 4.88. The third-order valence-corrected chi connectivity index (χ3v) is 2.67.